The first-order valence-corrected chi connectivity index (χ1v) is 7.58. The van der Waals surface area contributed by atoms with E-state index in [0.717, 1.165) is 30.8 Å². The van der Waals surface area contributed by atoms with Gasteiger partial charge in [-0.05, 0) is 38.3 Å². The number of carbonyl (C=O) groups excluding carboxylic acids is 1. The van der Waals surface area contributed by atoms with E-state index in [0.29, 0.717) is 19.7 Å². The van der Waals surface area contributed by atoms with Crippen LogP contribution in [0.15, 0.2) is 18.2 Å². The van der Waals surface area contributed by atoms with Crippen molar-refractivity contribution in [1.29, 1.82) is 0 Å². The largest absolute Gasteiger partial charge is 0.397 e. The highest BCUT2D eigenvalue weighted by molar-refractivity contribution is 5.85. The van der Waals surface area contributed by atoms with E-state index in [9.17, 15) is 4.79 Å². The van der Waals surface area contributed by atoms with Gasteiger partial charge in [-0.1, -0.05) is 12.1 Å². The molecule has 1 aromatic rings. The molecule has 0 radical (unpaired) electrons. The number of nitrogens with one attached hydrogen (secondary N) is 1. The lowest BCUT2D eigenvalue weighted by molar-refractivity contribution is -0.119. The quantitative estimate of drug-likeness (QED) is 0.591. The number of carbonyl (C=O) groups is 1. The molecular weight excluding hydrogens is 266 g/mol. The molecule has 1 aliphatic rings. The number of rotatable bonds is 7. The number of para-hydroxylation sites is 1. The summed E-state index contributed by atoms with van der Waals surface area (Å²) in [5.74, 6) is 0.0376. The van der Waals surface area contributed by atoms with Gasteiger partial charge in [-0.25, -0.2) is 0 Å². The molecule has 1 heterocycles. The molecule has 5 nitrogen and oxygen atoms in total. The zero-order valence-electron chi connectivity index (χ0n) is 12.9. The first-order chi connectivity index (χ1) is 10.1. The Morgan fingerprint density at radius 3 is 3.05 bits per heavy atom. The van der Waals surface area contributed by atoms with Gasteiger partial charge in [0, 0.05) is 19.7 Å². The molecule has 116 valence electrons. The Labute approximate surface area is 126 Å². The lowest BCUT2D eigenvalue weighted by Crippen LogP contribution is -2.37. The maximum Gasteiger partial charge on any atom is 0.239 e. The number of hydrogen-bond acceptors (Lipinski definition) is 4. The molecule has 5 heteroatoms. The highest BCUT2D eigenvalue weighted by Gasteiger charge is 2.22. The predicted octanol–water partition coefficient (Wildman–Crippen LogP) is 1.56. The van der Waals surface area contributed by atoms with Crippen LogP contribution in [0.1, 0.15) is 25.8 Å². The molecule has 0 atom stereocenters. The monoisotopic (exact) mass is 291 g/mol. The number of anilines is 2. The Bertz CT molecular complexity index is 488. The number of amides is 1. The molecule has 21 heavy (non-hydrogen) atoms. The summed E-state index contributed by atoms with van der Waals surface area (Å²) in [7, 11) is 0. The van der Waals surface area contributed by atoms with Crippen LogP contribution in [0.3, 0.4) is 0 Å². The number of benzene rings is 1. The standard InChI is InChI=1S/C16H25N3O2/c1-12(2)21-10-4-8-18-15(20)11-19-9-7-13-5-3-6-14(17)16(13)19/h3,5-6,12H,4,7-11,17H2,1-2H3,(H,18,20). The zero-order chi connectivity index (χ0) is 15.2. The minimum absolute atomic E-state index is 0.0376. The minimum Gasteiger partial charge on any atom is -0.397 e. The summed E-state index contributed by atoms with van der Waals surface area (Å²) in [5.41, 5.74) is 9.02. The van der Waals surface area contributed by atoms with Crippen molar-refractivity contribution in [1.82, 2.24) is 5.32 Å². The van der Waals surface area contributed by atoms with Crippen molar-refractivity contribution in [3.8, 4) is 0 Å². The van der Waals surface area contributed by atoms with Crippen LogP contribution in [0.2, 0.25) is 0 Å². The van der Waals surface area contributed by atoms with Crippen LogP contribution in [0.25, 0.3) is 0 Å². The lowest BCUT2D eigenvalue weighted by atomic mass is 10.1. The Morgan fingerprint density at radius 2 is 2.29 bits per heavy atom. The summed E-state index contributed by atoms with van der Waals surface area (Å²) in [6, 6.07) is 5.93. The van der Waals surface area contributed by atoms with Crippen LogP contribution in [0, 0.1) is 0 Å². The van der Waals surface area contributed by atoms with Crippen LogP contribution in [-0.4, -0.2) is 38.3 Å². The van der Waals surface area contributed by atoms with Gasteiger partial charge >= 0.3 is 0 Å². The summed E-state index contributed by atoms with van der Waals surface area (Å²) >= 11 is 0. The highest BCUT2D eigenvalue weighted by atomic mass is 16.5. The molecular formula is C16H25N3O2. The smallest absolute Gasteiger partial charge is 0.239 e. The van der Waals surface area contributed by atoms with Crippen molar-refractivity contribution in [3.05, 3.63) is 23.8 Å². The van der Waals surface area contributed by atoms with Gasteiger partial charge in [0.2, 0.25) is 5.91 Å². The molecule has 1 amide bonds. The molecule has 2 rings (SSSR count). The highest BCUT2D eigenvalue weighted by Crippen LogP contribution is 2.33. The molecule has 0 spiro atoms. The number of fused-ring (bicyclic) bond motifs is 1. The second-order valence-corrected chi connectivity index (χ2v) is 5.65. The fourth-order valence-corrected chi connectivity index (χ4v) is 2.57. The van der Waals surface area contributed by atoms with Gasteiger partial charge in [0.1, 0.15) is 0 Å². The van der Waals surface area contributed by atoms with E-state index >= 15 is 0 Å². The van der Waals surface area contributed by atoms with Crippen molar-refractivity contribution in [3.63, 3.8) is 0 Å². The fourth-order valence-electron chi connectivity index (χ4n) is 2.57. The summed E-state index contributed by atoms with van der Waals surface area (Å²) in [5, 5.41) is 2.93. The first-order valence-electron chi connectivity index (χ1n) is 7.58. The molecule has 0 aromatic heterocycles. The maximum absolute atomic E-state index is 12.0. The summed E-state index contributed by atoms with van der Waals surface area (Å²) < 4.78 is 5.44. The molecule has 0 saturated carbocycles. The summed E-state index contributed by atoms with van der Waals surface area (Å²) in [6.07, 6.45) is 2.03. The Balaban J connectivity index is 1.75. The van der Waals surface area contributed by atoms with Crippen molar-refractivity contribution >= 4 is 17.3 Å². The van der Waals surface area contributed by atoms with Gasteiger partial charge in [0.25, 0.3) is 0 Å². The van der Waals surface area contributed by atoms with Crippen molar-refractivity contribution in [2.45, 2.75) is 32.8 Å². The van der Waals surface area contributed by atoms with Gasteiger partial charge in [-0.2, -0.15) is 0 Å². The second kappa shape index (κ2) is 7.31. The van der Waals surface area contributed by atoms with E-state index in [1.807, 2.05) is 26.0 Å². The second-order valence-electron chi connectivity index (χ2n) is 5.65. The van der Waals surface area contributed by atoms with E-state index in [-0.39, 0.29) is 12.0 Å². The van der Waals surface area contributed by atoms with Crippen LogP contribution in [-0.2, 0) is 16.0 Å². The van der Waals surface area contributed by atoms with E-state index in [1.165, 1.54) is 5.56 Å². The van der Waals surface area contributed by atoms with Crippen LogP contribution >= 0.6 is 0 Å². The average Bonchev–Trinajstić information content (AvgIpc) is 2.82. The molecule has 0 aliphatic carbocycles. The zero-order valence-corrected chi connectivity index (χ0v) is 12.9. The van der Waals surface area contributed by atoms with E-state index in [4.69, 9.17) is 10.5 Å². The van der Waals surface area contributed by atoms with Crippen LogP contribution in [0.4, 0.5) is 11.4 Å². The number of nitrogen functional groups attached to an aromatic ring is 1. The average molecular weight is 291 g/mol. The molecule has 0 saturated heterocycles. The maximum atomic E-state index is 12.0. The van der Waals surface area contributed by atoms with Crippen molar-refractivity contribution < 1.29 is 9.53 Å². The third-order valence-corrected chi connectivity index (χ3v) is 3.55. The van der Waals surface area contributed by atoms with E-state index < -0.39 is 0 Å². The fraction of sp³-hybridized carbons (Fsp3) is 0.562. The van der Waals surface area contributed by atoms with Gasteiger partial charge in [0.15, 0.2) is 0 Å². The number of nitrogens with zero attached hydrogens (tertiary/aromatic N) is 1. The van der Waals surface area contributed by atoms with Gasteiger partial charge in [-0.3, -0.25) is 4.79 Å². The van der Waals surface area contributed by atoms with Gasteiger partial charge in [0.05, 0.1) is 24.0 Å². The van der Waals surface area contributed by atoms with E-state index in [2.05, 4.69) is 16.3 Å². The predicted molar refractivity (Wildman–Crippen MR) is 85.5 cm³/mol. The number of ether oxygens (including phenoxy) is 1. The van der Waals surface area contributed by atoms with E-state index in [1.54, 1.807) is 0 Å². The topological polar surface area (TPSA) is 67.6 Å². The van der Waals surface area contributed by atoms with Gasteiger partial charge < -0.3 is 20.7 Å². The molecule has 0 unspecified atom stereocenters. The molecule has 0 bridgehead atoms. The molecule has 0 fully saturated rings. The number of hydrogen-bond donors (Lipinski definition) is 2. The van der Waals surface area contributed by atoms with Crippen LogP contribution < -0.4 is 16.0 Å². The molecule has 1 aliphatic heterocycles. The van der Waals surface area contributed by atoms with Crippen molar-refractivity contribution in [2.24, 2.45) is 0 Å². The SMILES string of the molecule is CC(C)OCCCNC(=O)CN1CCc2cccc(N)c21. The van der Waals surface area contributed by atoms with Crippen molar-refractivity contribution in [2.75, 3.05) is 36.9 Å². The Morgan fingerprint density at radius 1 is 1.48 bits per heavy atom. The summed E-state index contributed by atoms with van der Waals surface area (Å²) in [4.78, 5) is 14.0. The Kier molecular flexibility index (Phi) is 5.44. The lowest BCUT2D eigenvalue weighted by Gasteiger charge is -2.20. The summed E-state index contributed by atoms with van der Waals surface area (Å²) in [6.45, 7) is 6.56. The Hall–Kier alpha value is -1.75. The molecule has 3 N–H and O–H groups in total. The third-order valence-electron chi connectivity index (χ3n) is 3.55. The minimum atomic E-state index is 0.0376. The first kappa shape index (κ1) is 15.6. The van der Waals surface area contributed by atoms with Gasteiger partial charge in [-0.15, -0.1) is 0 Å². The van der Waals surface area contributed by atoms with Crippen LogP contribution in [0.5, 0.6) is 0 Å². The third kappa shape index (κ3) is 4.36. The normalized spacial score (nSPS) is 13.6. The number of nitrogens with two attached hydrogens (primary N) is 1. The molecule has 1 aromatic carbocycles.